The maximum absolute atomic E-state index is 5.84. The molecular formula is C9H19ClO2Si. The summed E-state index contributed by atoms with van der Waals surface area (Å²) < 4.78 is 11.3. The molecule has 78 valence electrons. The molecule has 13 heavy (non-hydrogen) atoms. The summed E-state index contributed by atoms with van der Waals surface area (Å²) in [6, 6.07) is 0. The molecule has 0 radical (unpaired) electrons. The first-order chi connectivity index (χ1) is 6.24. The van der Waals surface area contributed by atoms with Crippen LogP contribution in [0, 0.1) is 0 Å². The molecule has 0 fully saturated rings. The Kier molecular flexibility index (Phi) is 7.66. The molecule has 0 bridgehead atoms. The van der Waals surface area contributed by atoms with Crippen LogP contribution in [0.15, 0.2) is 12.3 Å². The van der Waals surface area contributed by atoms with Crippen molar-refractivity contribution in [1.29, 1.82) is 0 Å². The monoisotopic (exact) mass is 222 g/mol. The Morgan fingerprint density at radius 2 is 1.69 bits per heavy atom. The minimum atomic E-state index is -2.26. The van der Waals surface area contributed by atoms with Gasteiger partial charge in [-0.25, -0.2) is 0 Å². The lowest BCUT2D eigenvalue weighted by atomic mass is 10.5. The zero-order valence-electron chi connectivity index (χ0n) is 8.51. The Hall–Kier alpha value is 0.167. The highest BCUT2D eigenvalue weighted by atomic mass is 35.5. The van der Waals surface area contributed by atoms with Gasteiger partial charge in [0.2, 0.25) is 0 Å². The van der Waals surface area contributed by atoms with Crippen molar-refractivity contribution in [3.63, 3.8) is 0 Å². The summed E-state index contributed by atoms with van der Waals surface area (Å²) in [4.78, 5) is 0. The zero-order valence-corrected chi connectivity index (χ0v) is 10.3. The van der Waals surface area contributed by atoms with Crippen molar-refractivity contribution in [2.45, 2.75) is 26.7 Å². The highest BCUT2D eigenvalue weighted by molar-refractivity contribution is 6.78. The third-order valence-electron chi connectivity index (χ3n) is 1.60. The molecule has 0 aromatic rings. The van der Waals surface area contributed by atoms with Gasteiger partial charge in [-0.1, -0.05) is 13.8 Å². The molecule has 0 saturated carbocycles. The molecule has 0 aliphatic carbocycles. The topological polar surface area (TPSA) is 18.5 Å². The van der Waals surface area contributed by atoms with Crippen molar-refractivity contribution in [2.24, 2.45) is 0 Å². The smallest absolute Gasteiger partial charge is 0.379 e. The van der Waals surface area contributed by atoms with Crippen molar-refractivity contribution < 1.29 is 8.85 Å². The summed E-state index contributed by atoms with van der Waals surface area (Å²) in [5.41, 5.74) is 2.20. The lowest BCUT2D eigenvalue weighted by molar-refractivity contribution is 0.183. The van der Waals surface area contributed by atoms with E-state index in [0.29, 0.717) is 18.7 Å². The van der Waals surface area contributed by atoms with Crippen LogP contribution in [-0.2, 0) is 8.85 Å². The largest absolute Gasteiger partial charge is 0.391 e. The Morgan fingerprint density at radius 3 is 1.92 bits per heavy atom. The van der Waals surface area contributed by atoms with E-state index in [2.05, 4.69) is 20.4 Å². The quantitative estimate of drug-likeness (QED) is 0.465. The van der Waals surface area contributed by atoms with Gasteiger partial charge in [0.05, 0.1) is 5.50 Å². The van der Waals surface area contributed by atoms with Crippen LogP contribution < -0.4 is 0 Å². The summed E-state index contributed by atoms with van der Waals surface area (Å²) in [7, 11) is -2.26. The van der Waals surface area contributed by atoms with Gasteiger partial charge in [0.15, 0.2) is 0 Å². The van der Waals surface area contributed by atoms with Crippen LogP contribution in [0.4, 0.5) is 0 Å². The number of halogens is 1. The Bertz CT molecular complexity index is 134. The van der Waals surface area contributed by atoms with E-state index in [1.165, 1.54) is 0 Å². The van der Waals surface area contributed by atoms with Crippen molar-refractivity contribution in [3.05, 3.63) is 12.3 Å². The summed E-state index contributed by atoms with van der Waals surface area (Å²) in [6.07, 6.45) is 1.96. The van der Waals surface area contributed by atoms with Crippen molar-refractivity contribution in [2.75, 3.05) is 18.7 Å². The predicted molar refractivity (Wildman–Crippen MR) is 59.2 cm³/mol. The van der Waals surface area contributed by atoms with E-state index < -0.39 is 8.56 Å². The SMILES string of the molecule is C=C[Si](CCl)(OCCC)OCCC. The summed E-state index contributed by atoms with van der Waals surface area (Å²) >= 11 is 5.84. The maximum atomic E-state index is 5.84. The standard InChI is InChI=1S/C9H19ClO2Si/c1-4-7-11-13(6-3,9-10)12-8-5-2/h6H,3-5,7-9H2,1-2H3. The van der Waals surface area contributed by atoms with E-state index in [9.17, 15) is 0 Å². The molecule has 2 nitrogen and oxygen atoms in total. The molecule has 0 heterocycles. The number of hydrogen-bond donors (Lipinski definition) is 0. The van der Waals surface area contributed by atoms with Crippen LogP contribution >= 0.6 is 11.6 Å². The summed E-state index contributed by atoms with van der Waals surface area (Å²) in [5, 5.41) is 0. The molecular weight excluding hydrogens is 204 g/mol. The molecule has 0 aromatic carbocycles. The van der Waals surface area contributed by atoms with Crippen LogP contribution in [0.5, 0.6) is 0 Å². The van der Waals surface area contributed by atoms with Gasteiger partial charge in [0.1, 0.15) is 0 Å². The number of rotatable bonds is 8. The molecule has 0 aromatic heterocycles. The first-order valence-corrected chi connectivity index (χ1v) is 7.35. The summed E-state index contributed by atoms with van der Waals surface area (Å²) in [6.45, 7) is 9.27. The van der Waals surface area contributed by atoms with E-state index in [1.807, 2.05) is 0 Å². The highest BCUT2D eigenvalue weighted by Crippen LogP contribution is 2.12. The van der Waals surface area contributed by atoms with Gasteiger partial charge in [0.25, 0.3) is 0 Å². The van der Waals surface area contributed by atoms with Crippen LogP contribution in [0.25, 0.3) is 0 Å². The summed E-state index contributed by atoms with van der Waals surface area (Å²) in [5.74, 6) is 0. The Morgan fingerprint density at radius 1 is 1.23 bits per heavy atom. The molecule has 0 atom stereocenters. The molecule has 4 heteroatoms. The van der Waals surface area contributed by atoms with E-state index in [1.54, 1.807) is 5.70 Å². The van der Waals surface area contributed by atoms with Crippen molar-refractivity contribution in [3.8, 4) is 0 Å². The van der Waals surface area contributed by atoms with Gasteiger partial charge in [0, 0.05) is 13.2 Å². The molecule has 0 aliphatic rings. The third kappa shape index (κ3) is 4.81. The lowest BCUT2D eigenvalue weighted by Crippen LogP contribution is -2.43. The molecule has 0 rings (SSSR count). The first kappa shape index (κ1) is 13.2. The Labute approximate surface area is 87.1 Å². The van der Waals surface area contributed by atoms with E-state index >= 15 is 0 Å². The second kappa shape index (κ2) is 7.56. The number of hydrogen-bond acceptors (Lipinski definition) is 2. The highest BCUT2D eigenvalue weighted by Gasteiger charge is 2.32. The average molecular weight is 223 g/mol. The lowest BCUT2D eigenvalue weighted by Gasteiger charge is -2.24. The average Bonchev–Trinajstić information content (AvgIpc) is 2.20. The van der Waals surface area contributed by atoms with Crippen LogP contribution in [0.1, 0.15) is 26.7 Å². The minimum absolute atomic E-state index is 0.427. The molecule has 0 N–H and O–H groups in total. The second-order valence-electron chi connectivity index (χ2n) is 2.85. The fourth-order valence-electron chi connectivity index (χ4n) is 0.841. The molecule has 0 aliphatic heterocycles. The van der Waals surface area contributed by atoms with Crippen molar-refractivity contribution in [1.82, 2.24) is 0 Å². The van der Waals surface area contributed by atoms with Crippen molar-refractivity contribution >= 4 is 20.2 Å². The van der Waals surface area contributed by atoms with Crippen LogP contribution in [-0.4, -0.2) is 27.3 Å². The molecule has 0 saturated heterocycles. The van der Waals surface area contributed by atoms with Gasteiger partial charge in [-0.3, -0.25) is 0 Å². The fraction of sp³-hybridized carbons (Fsp3) is 0.778. The van der Waals surface area contributed by atoms with Gasteiger partial charge >= 0.3 is 8.56 Å². The fourth-order valence-corrected chi connectivity index (χ4v) is 3.31. The van der Waals surface area contributed by atoms with E-state index in [0.717, 1.165) is 12.8 Å². The Balaban J connectivity index is 4.04. The molecule has 0 spiro atoms. The maximum Gasteiger partial charge on any atom is 0.379 e. The first-order valence-electron chi connectivity index (χ1n) is 4.72. The predicted octanol–water partition coefficient (Wildman–Crippen LogP) is 2.79. The van der Waals surface area contributed by atoms with Crippen LogP contribution in [0.2, 0.25) is 0 Å². The van der Waals surface area contributed by atoms with E-state index in [-0.39, 0.29) is 0 Å². The molecule has 0 amide bonds. The zero-order chi connectivity index (χ0) is 10.2. The molecule has 0 unspecified atom stereocenters. The van der Waals surface area contributed by atoms with Gasteiger partial charge < -0.3 is 8.85 Å². The van der Waals surface area contributed by atoms with Gasteiger partial charge in [-0.2, -0.15) is 0 Å². The minimum Gasteiger partial charge on any atom is -0.391 e. The normalized spacial score (nSPS) is 11.6. The third-order valence-corrected chi connectivity index (χ3v) is 5.10. The van der Waals surface area contributed by atoms with Gasteiger partial charge in [-0.05, 0) is 18.5 Å². The van der Waals surface area contributed by atoms with E-state index in [4.69, 9.17) is 20.5 Å². The second-order valence-corrected chi connectivity index (χ2v) is 6.52. The number of alkyl halides is 1. The van der Waals surface area contributed by atoms with Gasteiger partial charge in [-0.15, -0.1) is 18.2 Å². The van der Waals surface area contributed by atoms with Crippen LogP contribution in [0.3, 0.4) is 0 Å².